The van der Waals surface area contributed by atoms with E-state index in [0.29, 0.717) is 6.07 Å². The number of amides is 1. The summed E-state index contributed by atoms with van der Waals surface area (Å²) in [6.45, 7) is 3.51. The van der Waals surface area contributed by atoms with Crippen molar-refractivity contribution in [1.82, 2.24) is 0 Å². The van der Waals surface area contributed by atoms with Gasteiger partial charge in [-0.1, -0.05) is 18.2 Å². The Balaban J connectivity index is 1.61. The van der Waals surface area contributed by atoms with Crippen LogP contribution in [0.2, 0.25) is 0 Å². The van der Waals surface area contributed by atoms with Crippen molar-refractivity contribution in [3.8, 4) is 5.75 Å². The second-order valence-electron chi connectivity index (χ2n) is 7.29. The highest BCUT2D eigenvalue weighted by molar-refractivity contribution is 5.99. The number of halogens is 3. The van der Waals surface area contributed by atoms with Crippen LogP contribution in [0.5, 0.6) is 5.75 Å². The minimum Gasteiger partial charge on any atom is -0.481 e. The van der Waals surface area contributed by atoms with Gasteiger partial charge in [0.1, 0.15) is 11.3 Å². The number of hydrogen-bond acceptors (Lipinski definition) is 4. The molecule has 2 atom stereocenters. The second kappa shape index (κ2) is 7.19. The normalized spacial score (nSPS) is 17.1. The molecule has 2 heterocycles. The van der Waals surface area contributed by atoms with Crippen LogP contribution in [-0.2, 0) is 17.4 Å². The standard InChI is InChI=1S/C22H18F3NO4/c1-12-9-14-5-3-4-6-18(14)26(12)21(28)13(2)29-15-7-8-16-17(22(23,24)25)11-20(27)30-19(16)10-15/h3-8,10-13H,9H2,1-2H3/t12-,13-/m1/s1. The lowest BCUT2D eigenvalue weighted by Gasteiger charge is -2.26. The van der Waals surface area contributed by atoms with Crippen molar-refractivity contribution in [3.05, 3.63) is 70.1 Å². The van der Waals surface area contributed by atoms with E-state index in [1.165, 1.54) is 18.2 Å². The van der Waals surface area contributed by atoms with Gasteiger partial charge in [0.2, 0.25) is 0 Å². The summed E-state index contributed by atoms with van der Waals surface area (Å²) in [4.78, 5) is 26.2. The largest absolute Gasteiger partial charge is 0.481 e. The van der Waals surface area contributed by atoms with Crippen molar-refractivity contribution < 1.29 is 27.1 Å². The third-order valence-corrected chi connectivity index (χ3v) is 5.13. The molecule has 30 heavy (non-hydrogen) atoms. The van der Waals surface area contributed by atoms with Crippen LogP contribution in [0.1, 0.15) is 25.0 Å². The molecule has 0 radical (unpaired) electrons. The van der Waals surface area contributed by atoms with Gasteiger partial charge in [0, 0.05) is 29.2 Å². The first kappa shape index (κ1) is 20.0. The maximum Gasteiger partial charge on any atom is 0.417 e. The molecule has 8 heteroatoms. The fourth-order valence-corrected chi connectivity index (χ4v) is 3.80. The number of para-hydroxylation sites is 1. The first-order valence-corrected chi connectivity index (χ1v) is 9.38. The second-order valence-corrected chi connectivity index (χ2v) is 7.29. The molecule has 156 valence electrons. The smallest absolute Gasteiger partial charge is 0.417 e. The van der Waals surface area contributed by atoms with Crippen LogP contribution in [0, 0.1) is 0 Å². The number of carbonyl (C=O) groups excluding carboxylic acids is 1. The number of rotatable bonds is 3. The molecule has 4 rings (SSSR count). The molecule has 1 amide bonds. The first-order chi connectivity index (χ1) is 14.1. The van der Waals surface area contributed by atoms with Crippen molar-refractivity contribution in [2.75, 3.05) is 4.90 Å². The van der Waals surface area contributed by atoms with E-state index in [9.17, 15) is 22.8 Å². The fourth-order valence-electron chi connectivity index (χ4n) is 3.80. The van der Waals surface area contributed by atoms with Crippen LogP contribution < -0.4 is 15.3 Å². The molecule has 1 aromatic heterocycles. The molecule has 1 aliphatic rings. The van der Waals surface area contributed by atoms with E-state index in [2.05, 4.69) is 0 Å². The molecule has 5 nitrogen and oxygen atoms in total. The molecule has 0 N–H and O–H groups in total. The monoisotopic (exact) mass is 417 g/mol. The van der Waals surface area contributed by atoms with E-state index in [4.69, 9.17) is 9.15 Å². The maximum absolute atomic E-state index is 13.2. The van der Waals surface area contributed by atoms with Gasteiger partial charge in [0.05, 0.1) is 5.56 Å². The highest BCUT2D eigenvalue weighted by Crippen LogP contribution is 2.36. The molecule has 1 aliphatic heterocycles. The summed E-state index contributed by atoms with van der Waals surface area (Å²) in [7, 11) is 0. The summed E-state index contributed by atoms with van der Waals surface area (Å²) in [6, 6.07) is 11.7. The number of fused-ring (bicyclic) bond motifs is 2. The average molecular weight is 417 g/mol. The van der Waals surface area contributed by atoms with Crippen LogP contribution in [0.15, 0.2) is 57.7 Å². The van der Waals surface area contributed by atoms with Crippen molar-refractivity contribution in [3.63, 3.8) is 0 Å². The van der Waals surface area contributed by atoms with E-state index in [-0.39, 0.29) is 28.7 Å². The van der Waals surface area contributed by atoms with Gasteiger partial charge >= 0.3 is 11.8 Å². The van der Waals surface area contributed by atoms with E-state index in [0.717, 1.165) is 17.7 Å². The highest BCUT2D eigenvalue weighted by atomic mass is 19.4. The van der Waals surface area contributed by atoms with Crippen molar-refractivity contribution >= 4 is 22.6 Å². The lowest BCUT2D eigenvalue weighted by molar-refractivity contribution is -0.136. The highest BCUT2D eigenvalue weighted by Gasteiger charge is 2.35. The Morgan fingerprint density at radius 2 is 1.93 bits per heavy atom. The zero-order valence-corrected chi connectivity index (χ0v) is 16.2. The van der Waals surface area contributed by atoms with Crippen LogP contribution >= 0.6 is 0 Å². The summed E-state index contributed by atoms with van der Waals surface area (Å²) < 4.78 is 50.2. The minimum absolute atomic E-state index is 0.0371. The van der Waals surface area contributed by atoms with Crippen LogP contribution in [-0.4, -0.2) is 18.1 Å². The molecule has 0 unspecified atom stereocenters. The number of nitrogens with zero attached hydrogens (tertiary/aromatic N) is 1. The average Bonchev–Trinajstić information content (AvgIpc) is 3.01. The van der Waals surface area contributed by atoms with Crippen molar-refractivity contribution in [2.24, 2.45) is 0 Å². The Morgan fingerprint density at radius 1 is 1.20 bits per heavy atom. The maximum atomic E-state index is 13.2. The van der Waals surface area contributed by atoms with Gasteiger partial charge in [-0.2, -0.15) is 13.2 Å². The number of carbonyl (C=O) groups is 1. The van der Waals surface area contributed by atoms with E-state index in [1.807, 2.05) is 31.2 Å². The first-order valence-electron chi connectivity index (χ1n) is 9.38. The molecular weight excluding hydrogens is 399 g/mol. The van der Waals surface area contributed by atoms with E-state index in [1.54, 1.807) is 11.8 Å². The SMILES string of the molecule is C[C@@H]1Cc2ccccc2N1C(=O)[C@@H](C)Oc1ccc2c(C(F)(F)F)cc(=O)oc2c1. The predicted octanol–water partition coefficient (Wildman–Crippen LogP) is 4.56. The molecule has 0 spiro atoms. The number of alkyl halides is 3. The number of benzene rings is 2. The predicted molar refractivity (Wildman–Crippen MR) is 105 cm³/mol. The third kappa shape index (κ3) is 3.53. The van der Waals surface area contributed by atoms with Crippen molar-refractivity contribution in [2.45, 2.75) is 38.6 Å². The Kier molecular flexibility index (Phi) is 4.80. The molecule has 0 saturated heterocycles. The Bertz CT molecular complexity index is 1180. The van der Waals surface area contributed by atoms with Crippen LogP contribution in [0.3, 0.4) is 0 Å². The number of ether oxygens (including phenoxy) is 1. The van der Waals surface area contributed by atoms with Gasteiger partial charge in [-0.15, -0.1) is 0 Å². The lowest BCUT2D eigenvalue weighted by Crippen LogP contribution is -2.43. The summed E-state index contributed by atoms with van der Waals surface area (Å²) in [6.07, 6.45) is -4.86. The van der Waals surface area contributed by atoms with Gasteiger partial charge in [-0.3, -0.25) is 4.79 Å². The molecule has 0 bridgehead atoms. The minimum atomic E-state index is -4.70. The van der Waals surface area contributed by atoms with Gasteiger partial charge < -0.3 is 14.1 Å². The summed E-state index contributed by atoms with van der Waals surface area (Å²) in [5.74, 6) is -0.135. The number of anilines is 1. The zero-order valence-electron chi connectivity index (χ0n) is 16.2. The van der Waals surface area contributed by atoms with Crippen LogP contribution in [0.25, 0.3) is 11.0 Å². The molecule has 0 fully saturated rings. The van der Waals surface area contributed by atoms with E-state index >= 15 is 0 Å². The zero-order chi connectivity index (χ0) is 21.6. The van der Waals surface area contributed by atoms with Gasteiger partial charge in [-0.05, 0) is 44.0 Å². The summed E-state index contributed by atoms with van der Waals surface area (Å²) in [5, 5.41) is -0.254. The van der Waals surface area contributed by atoms with Gasteiger partial charge in [0.15, 0.2) is 6.10 Å². The van der Waals surface area contributed by atoms with Crippen molar-refractivity contribution in [1.29, 1.82) is 0 Å². The molecular formula is C22H18F3NO4. The Morgan fingerprint density at radius 3 is 2.67 bits per heavy atom. The van der Waals surface area contributed by atoms with E-state index < -0.39 is 23.5 Å². The fraction of sp³-hybridized carbons (Fsp3) is 0.273. The topological polar surface area (TPSA) is 59.8 Å². The van der Waals surface area contributed by atoms with Gasteiger partial charge in [-0.25, -0.2) is 4.79 Å². The lowest BCUT2D eigenvalue weighted by atomic mass is 10.1. The third-order valence-electron chi connectivity index (χ3n) is 5.13. The molecule has 2 aromatic carbocycles. The Labute approximate surface area is 169 Å². The molecule has 0 aliphatic carbocycles. The Hall–Kier alpha value is -3.29. The van der Waals surface area contributed by atoms with Crippen LogP contribution in [0.4, 0.5) is 18.9 Å². The molecule has 0 saturated carbocycles. The van der Waals surface area contributed by atoms with Gasteiger partial charge in [0.25, 0.3) is 5.91 Å². The summed E-state index contributed by atoms with van der Waals surface area (Å²) in [5.41, 5.74) is -0.556. The number of hydrogen-bond donors (Lipinski definition) is 0. The molecule has 3 aromatic rings. The summed E-state index contributed by atoms with van der Waals surface area (Å²) >= 11 is 0. The quantitative estimate of drug-likeness (QED) is 0.587.